The highest BCUT2D eigenvalue weighted by atomic mass is 32.1. The van der Waals surface area contributed by atoms with E-state index in [9.17, 15) is 23.8 Å². The molecular formula is C22H23F2N3O3S. The molecule has 0 fully saturated rings. The molecule has 0 bridgehead atoms. The molecule has 0 radical (unpaired) electrons. The van der Waals surface area contributed by atoms with Crippen molar-refractivity contribution in [1.82, 2.24) is 4.98 Å². The summed E-state index contributed by atoms with van der Waals surface area (Å²) in [5.41, 5.74) is 3.06. The zero-order valence-electron chi connectivity index (χ0n) is 17.5. The third-order valence-electron chi connectivity index (χ3n) is 4.61. The van der Waals surface area contributed by atoms with Gasteiger partial charge in [-0.25, -0.2) is 13.8 Å². The van der Waals surface area contributed by atoms with Gasteiger partial charge in [-0.3, -0.25) is 4.79 Å². The van der Waals surface area contributed by atoms with Crippen LogP contribution >= 0.6 is 11.3 Å². The summed E-state index contributed by atoms with van der Waals surface area (Å²) in [6.07, 6.45) is 0. The Balaban J connectivity index is 2.06. The normalized spacial score (nSPS) is 12.1. The van der Waals surface area contributed by atoms with Gasteiger partial charge in [-0.15, -0.1) is 11.3 Å². The number of aliphatic hydroxyl groups is 2. The Morgan fingerprint density at radius 2 is 1.68 bits per heavy atom. The van der Waals surface area contributed by atoms with E-state index in [2.05, 4.69) is 10.3 Å². The molecule has 0 spiro atoms. The van der Waals surface area contributed by atoms with Crippen molar-refractivity contribution >= 4 is 28.1 Å². The summed E-state index contributed by atoms with van der Waals surface area (Å²) in [6, 6.07) is 8.37. The van der Waals surface area contributed by atoms with Gasteiger partial charge in [0, 0.05) is 4.88 Å². The van der Waals surface area contributed by atoms with Crippen molar-refractivity contribution < 1.29 is 23.8 Å². The predicted octanol–water partition coefficient (Wildman–Crippen LogP) is 4.39. The minimum atomic E-state index is -1.42. The number of carbonyl (C=O) groups excluding carboxylic acids is 1. The number of primary amides is 1. The first-order valence-electron chi connectivity index (χ1n) is 9.40. The number of thiophene rings is 1. The van der Waals surface area contributed by atoms with Gasteiger partial charge in [-0.05, 0) is 63.6 Å². The van der Waals surface area contributed by atoms with Crippen molar-refractivity contribution in [3.05, 3.63) is 64.9 Å². The minimum absolute atomic E-state index is 0.0424. The van der Waals surface area contributed by atoms with Crippen LogP contribution in [0.25, 0.3) is 10.4 Å². The summed E-state index contributed by atoms with van der Waals surface area (Å²) < 4.78 is 29.5. The Hall–Kier alpha value is -2.88. The van der Waals surface area contributed by atoms with Gasteiger partial charge in [0.1, 0.15) is 28.1 Å². The van der Waals surface area contributed by atoms with Crippen LogP contribution in [0.5, 0.6) is 0 Å². The number of pyridine rings is 1. The first-order chi connectivity index (χ1) is 14.3. The van der Waals surface area contributed by atoms with Gasteiger partial charge in [0.05, 0.1) is 22.4 Å². The van der Waals surface area contributed by atoms with Crippen molar-refractivity contribution in [3.8, 4) is 10.4 Å². The van der Waals surface area contributed by atoms with Crippen LogP contribution in [0.3, 0.4) is 0 Å². The van der Waals surface area contributed by atoms with E-state index in [1.807, 2.05) is 0 Å². The number of rotatable bonds is 6. The van der Waals surface area contributed by atoms with Gasteiger partial charge < -0.3 is 21.3 Å². The molecule has 0 aliphatic carbocycles. The molecule has 164 valence electrons. The second-order valence-corrected chi connectivity index (χ2v) is 9.24. The van der Waals surface area contributed by atoms with Crippen LogP contribution < -0.4 is 11.1 Å². The number of benzene rings is 1. The molecule has 31 heavy (non-hydrogen) atoms. The Kier molecular flexibility index (Phi) is 5.88. The maximum atomic E-state index is 14.8. The van der Waals surface area contributed by atoms with Crippen molar-refractivity contribution in [2.24, 2.45) is 5.73 Å². The number of aromatic nitrogens is 1. The number of nitrogens with zero attached hydrogens (tertiary/aromatic N) is 1. The molecule has 1 aromatic carbocycles. The van der Waals surface area contributed by atoms with Gasteiger partial charge in [-0.1, -0.05) is 6.07 Å². The Bertz CT molecular complexity index is 1120. The molecule has 6 nitrogen and oxygen atoms in total. The van der Waals surface area contributed by atoms with Crippen LogP contribution in [0.15, 0.2) is 36.4 Å². The Morgan fingerprint density at radius 3 is 2.19 bits per heavy atom. The summed E-state index contributed by atoms with van der Waals surface area (Å²) in [5, 5.41) is 23.4. The second kappa shape index (κ2) is 7.99. The molecule has 2 aromatic heterocycles. The van der Waals surface area contributed by atoms with Crippen LogP contribution in [0.2, 0.25) is 0 Å². The number of halogens is 2. The quantitative estimate of drug-likeness (QED) is 0.448. The predicted molar refractivity (Wildman–Crippen MR) is 116 cm³/mol. The van der Waals surface area contributed by atoms with Gasteiger partial charge in [-0.2, -0.15) is 0 Å². The highest BCUT2D eigenvalue weighted by Gasteiger charge is 2.25. The molecule has 3 rings (SSSR count). The van der Waals surface area contributed by atoms with Crippen molar-refractivity contribution in [3.63, 3.8) is 0 Å². The average molecular weight is 448 g/mol. The summed E-state index contributed by atoms with van der Waals surface area (Å²) in [5.74, 6) is -2.20. The lowest BCUT2D eigenvalue weighted by molar-refractivity contribution is 0.0739. The van der Waals surface area contributed by atoms with Crippen LogP contribution in [-0.2, 0) is 11.2 Å². The third kappa shape index (κ3) is 4.90. The lowest BCUT2D eigenvalue weighted by Crippen LogP contribution is -2.18. The number of hydrogen-bond acceptors (Lipinski definition) is 6. The fourth-order valence-corrected chi connectivity index (χ4v) is 4.03. The summed E-state index contributed by atoms with van der Waals surface area (Å²) in [6.45, 7) is 6.02. The van der Waals surface area contributed by atoms with E-state index in [0.29, 0.717) is 11.5 Å². The van der Waals surface area contributed by atoms with Gasteiger partial charge in [0.25, 0.3) is 5.91 Å². The zero-order valence-corrected chi connectivity index (χ0v) is 18.3. The lowest BCUT2D eigenvalue weighted by atomic mass is 9.96. The molecular weight excluding hydrogens is 424 g/mol. The van der Waals surface area contributed by atoms with Gasteiger partial charge >= 0.3 is 0 Å². The fourth-order valence-electron chi connectivity index (χ4n) is 2.91. The average Bonchev–Trinajstić information content (AvgIpc) is 3.03. The Morgan fingerprint density at radius 1 is 1.06 bits per heavy atom. The first kappa shape index (κ1) is 22.8. The maximum absolute atomic E-state index is 14.8. The molecule has 9 heteroatoms. The molecule has 2 heterocycles. The van der Waals surface area contributed by atoms with E-state index in [4.69, 9.17) is 5.73 Å². The summed E-state index contributed by atoms with van der Waals surface area (Å²) in [7, 11) is 0. The van der Waals surface area contributed by atoms with Crippen LogP contribution in [0, 0.1) is 11.6 Å². The third-order valence-corrected chi connectivity index (χ3v) is 5.68. The molecule has 0 saturated carbocycles. The van der Waals surface area contributed by atoms with E-state index in [-0.39, 0.29) is 26.6 Å². The molecule has 0 aliphatic rings. The molecule has 1 amide bonds. The molecule has 0 atom stereocenters. The molecule has 0 saturated heterocycles. The Labute approximate surface area is 182 Å². The van der Waals surface area contributed by atoms with Gasteiger partial charge in [0.2, 0.25) is 0 Å². The standard InChI is InChI=1S/C22H23F2N3O3S/c1-21(2,29)11-8-13(23)18(14(24)9-11)15-10-12(19(25)28)20(31-15)27-17-7-5-6-16(26-17)22(3,4)30/h5-10,29-30H,1-4H3,(H2,25,28)(H,26,27). The topological polar surface area (TPSA) is 108 Å². The van der Waals surface area contributed by atoms with E-state index in [0.717, 1.165) is 23.5 Å². The number of carbonyl (C=O) groups is 1. The highest BCUT2D eigenvalue weighted by molar-refractivity contribution is 7.20. The zero-order chi connectivity index (χ0) is 23.1. The smallest absolute Gasteiger partial charge is 0.251 e. The first-order valence-corrected chi connectivity index (χ1v) is 10.2. The summed E-state index contributed by atoms with van der Waals surface area (Å²) in [4.78, 5) is 16.4. The number of nitrogens with two attached hydrogens (primary N) is 1. The van der Waals surface area contributed by atoms with Crippen LogP contribution in [0.1, 0.15) is 49.3 Å². The van der Waals surface area contributed by atoms with Crippen molar-refractivity contribution in [2.45, 2.75) is 38.9 Å². The SMILES string of the molecule is CC(C)(O)c1cc(F)c(-c2cc(C(N)=O)c(Nc3cccc(C(C)(C)O)n3)s2)c(F)c1. The number of anilines is 2. The molecule has 0 unspecified atom stereocenters. The van der Waals surface area contributed by atoms with Crippen LogP contribution in [0.4, 0.5) is 19.6 Å². The van der Waals surface area contributed by atoms with Crippen molar-refractivity contribution in [1.29, 1.82) is 0 Å². The highest BCUT2D eigenvalue weighted by Crippen LogP contribution is 2.40. The van der Waals surface area contributed by atoms with E-state index in [1.165, 1.54) is 19.9 Å². The fraction of sp³-hybridized carbons (Fsp3) is 0.273. The number of nitrogens with one attached hydrogen (secondary N) is 1. The van der Waals surface area contributed by atoms with E-state index < -0.39 is 28.7 Å². The molecule has 0 aliphatic heterocycles. The van der Waals surface area contributed by atoms with Crippen molar-refractivity contribution in [2.75, 3.05) is 5.32 Å². The van der Waals surface area contributed by atoms with E-state index in [1.54, 1.807) is 32.0 Å². The second-order valence-electron chi connectivity index (χ2n) is 8.18. The van der Waals surface area contributed by atoms with Gasteiger partial charge in [0.15, 0.2) is 0 Å². The number of hydrogen-bond donors (Lipinski definition) is 4. The van der Waals surface area contributed by atoms with Crippen LogP contribution in [-0.4, -0.2) is 21.1 Å². The molecule has 5 N–H and O–H groups in total. The molecule has 3 aromatic rings. The number of amides is 1. The maximum Gasteiger partial charge on any atom is 0.251 e. The monoisotopic (exact) mass is 447 g/mol. The summed E-state index contributed by atoms with van der Waals surface area (Å²) >= 11 is 0.934. The van der Waals surface area contributed by atoms with E-state index >= 15 is 0 Å². The minimum Gasteiger partial charge on any atom is -0.386 e. The lowest BCUT2D eigenvalue weighted by Gasteiger charge is -2.18. The largest absolute Gasteiger partial charge is 0.386 e.